The van der Waals surface area contributed by atoms with Gasteiger partial charge in [-0.15, -0.1) is 0 Å². The molecule has 0 aliphatic carbocycles. The van der Waals surface area contributed by atoms with E-state index in [0.717, 1.165) is 41.5 Å². The Bertz CT molecular complexity index is 682. The van der Waals surface area contributed by atoms with Crippen molar-refractivity contribution in [3.05, 3.63) is 44.7 Å². The number of halogens is 1. The monoisotopic (exact) mass is 337 g/mol. The molecule has 2 heterocycles. The molecule has 1 atom stereocenters. The maximum Gasteiger partial charge on any atom is 0.336 e. The number of fused-ring (bicyclic) bond motifs is 1. The lowest BCUT2D eigenvalue weighted by Crippen LogP contribution is -2.21. The minimum atomic E-state index is -0.316. The molecule has 1 unspecified atom stereocenters. The van der Waals surface area contributed by atoms with Gasteiger partial charge in [0.25, 0.3) is 0 Å². The number of aliphatic hydroxyl groups excluding tert-OH is 1. The van der Waals surface area contributed by atoms with E-state index in [0.29, 0.717) is 11.5 Å². The molecular weight excluding hydrogens is 322 g/mol. The number of hydrogen-bond acceptors (Lipinski definition) is 4. The van der Waals surface area contributed by atoms with Gasteiger partial charge in [-0.05, 0) is 42.6 Å². The Morgan fingerprint density at radius 2 is 2.25 bits per heavy atom. The van der Waals surface area contributed by atoms with Crippen molar-refractivity contribution in [2.75, 3.05) is 19.7 Å². The number of nitrogens with zero attached hydrogens (tertiary/aromatic N) is 1. The zero-order valence-electron chi connectivity index (χ0n) is 11.0. The van der Waals surface area contributed by atoms with Crippen molar-refractivity contribution in [2.45, 2.75) is 13.0 Å². The lowest BCUT2D eigenvalue weighted by molar-refractivity contribution is 0.220. The zero-order valence-corrected chi connectivity index (χ0v) is 12.6. The fourth-order valence-corrected chi connectivity index (χ4v) is 3.12. The molecule has 1 aromatic carbocycles. The van der Waals surface area contributed by atoms with E-state index >= 15 is 0 Å². The molecule has 1 saturated heterocycles. The molecule has 1 N–H and O–H groups in total. The van der Waals surface area contributed by atoms with E-state index in [1.165, 1.54) is 0 Å². The summed E-state index contributed by atoms with van der Waals surface area (Å²) in [5.74, 6) is 0.357. The van der Waals surface area contributed by atoms with E-state index in [-0.39, 0.29) is 12.2 Å². The van der Waals surface area contributed by atoms with Crippen LogP contribution in [0.25, 0.3) is 11.0 Å². The summed E-state index contributed by atoms with van der Waals surface area (Å²) in [6.07, 6.45) is 1.02. The van der Waals surface area contributed by atoms with Gasteiger partial charge >= 0.3 is 5.63 Å². The average Bonchev–Trinajstić information content (AvgIpc) is 2.85. The highest BCUT2D eigenvalue weighted by Crippen LogP contribution is 2.24. The van der Waals surface area contributed by atoms with Gasteiger partial charge in [-0.25, -0.2) is 4.79 Å². The lowest BCUT2D eigenvalue weighted by Gasteiger charge is -2.16. The molecule has 0 amide bonds. The van der Waals surface area contributed by atoms with Crippen LogP contribution in [0.5, 0.6) is 0 Å². The van der Waals surface area contributed by atoms with E-state index in [9.17, 15) is 9.90 Å². The molecule has 106 valence electrons. The Morgan fingerprint density at radius 1 is 1.40 bits per heavy atom. The van der Waals surface area contributed by atoms with Gasteiger partial charge in [0.2, 0.25) is 0 Å². The summed E-state index contributed by atoms with van der Waals surface area (Å²) in [4.78, 5) is 13.9. The minimum Gasteiger partial charge on any atom is -0.423 e. The van der Waals surface area contributed by atoms with Crippen LogP contribution in [-0.4, -0.2) is 29.7 Å². The van der Waals surface area contributed by atoms with Gasteiger partial charge in [-0.2, -0.15) is 0 Å². The molecule has 1 aromatic heterocycles. The van der Waals surface area contributed by atoms with Crippen molar-refractivity contribution in [1.29, 1.82) is 0 Å². The van der Waals surface area contributed by atoms with Crippen molar-refractivity contribution >= 4 is 26.9 Å². The SMILES string of the molecule is O=c1cc(CN2CCC(CO)C2)c2ccc(Br)cc2o1. The molecule has 20 heavy (non-hydrogen) atoms. The standard InChI is InChI=1S/C15H16BrNO3/c16-12-1-2-13-11(5-15(19)20-14(13)6-12)8-17-4-3-10(7-17)9-18/h1-2,5-6,10,18H,3-4,7-9H2. The molecule has 1 fully saturated rings. The molecule has 4 nitrogen and oxygen atoms in total. The third-order valence-corrected chi connectivity index (χ3v) is 4.31. The van der Waals surface area contributed by atoms with Gasteiger partial charge in [0.15, 0.2) is 0 Å². The van der Waals surface area contributed by atoms with Crippen LogP contribution in [0.3, 0.4) is 0 Å². The predicted octanol–water partition coefficient (Wildman–Crippen LogP) is 2.37. The molecule has 5 heteroatoms. The molecule has 0 spiro atoms. The van der Waals surface area contributed by atoms with Crippen molar-refractivity contribution in [3.63, 3.8) is 0 Å². The summed E-state index contributed by atoms with van der Waals surface area (Å²) in [5.41, 5.74) is 1.28. The van der Waals surface area contributed by atoms with Crippen LogP contribution in [0, 0.1) is 5.92 Å². The minimum absolute atomic E-state index is 0.237. The van der Waals surface area contributed by atoms with Crippen LogP contribution < -0.4 is 5.63 Å². The number of rotatable bonds is 3. The Labute approximate surface area is 125 Å². The quantitative estimate of drug-likeness (QED) is 0.873. The Balaban J connectivity index is 1.93. The highest BCUT2D eigenvalue weighted by molar-refractivity contribution is 9.10. The second-order valence-electron chi connectivity index (χ2n) is 5.30. The topological polar surface area (TPSA) is 53.7 Å². The first kappa shape index (κ1) is 13.8. The largest absolute Gasteiger partial charge is 0.423 e. The lowest BCUT2D eigenvalue weighted by atomic mass is 10.1. The summed E-state index contributed by atoms with van der Waals surface area (Å²) in [6.45, 7) is 2.81. The maximum absolute atomic E-state index is 11.7. The molecule has 1 aliphatic rings. The average molecular weight is 338 g/mol. The van der Waals surface area contributed by atoms with E-state index in [1.807, 2.05) is 18.2 Å². The van der Waals surface area contributed by atoms with Crippen molar-refractivity contribution < 1.29 is 9.52 Å². The molecular formula is C15H16BrNO3. The van der Waals surface area contributed by atoms with Gasteiger partial charge < -0.3 is 9.52 Å². The summed E-state index contributed by atoms with van der Waals surface area (Å²) in [6, 6.07) is 7.31. The van der Waals surface area contributed by atoms with Crippen LogP contribution in [-0.2, 0) is 6.54 Å². The highest BCUT2D eigenvalue weighted by atomic mass is 79.9. The molecule has 0 saturated carbocycles. The Morgan fingerprint density at radius 3 is 3.00 bits per heavy atom. The van der Waals surface area contributed by atoms with Crippen LogP contribution in [0.4, 0.5) is 0 Å². The number of likely N-dealkylation sites (tertiary alicyclic amines) is 1. The first-order chi connectivity index (χ1) is 9.65. The summed E-state index contributed by atoms with van der Waals surface area (Å²) < 4.78 is 6.14. The van der Waals surface area contributed by atoms with Gasteiger partial charge in [0, 0.05) is 35.6 Å². The van der Waals surface area contributed by atoms with Crippen LogP contribution in [0.1, 0.15) is 12.0 Å². The third kappa shape index (κ3) is 2.80. The summed E-state index contributed by atoms with van der Waals surface area (Å²) in [5, 5.41) is 10.2. The maximum atomic E-state index is 11.7. The van der Waals surface area contributed by atoms with Crippen molar-refractivity contribution in [1.82, 2.24) is 4.90 Å². The van der Waals surface area contributed by atoms with E-state index < -0.39 is 0 Å². The van der Waals surface area contributed by atoms with Crippen LogP contribution in [0.15, 0.2) is 37.9 Å². The van der Waals surface area contributed by atoms with Gasteiger partial charge in [-0.3, -0.25) is 4.90 Å². The Kier molecular flexibility index (Phi) is 3.92. The molecule has 1 aliphatic heterocycles. The number of hydrogen-bond donors (Lipinski definition) is 1. The first-order valence-electron chi connectivity index (χ1n) is 6.71. The van der Waals surface area contributed by atoms with Crippen molar-refractivity contribution in [2.24, 2.45) is 5.92 Å². The predicted molar refractivity (Wildman–Crippen MR) is 80.7 cm³/mol. The van der Waals surface area contributed by atoms with Gasteiger partial charge in [-0.1, -0.05) is 15.9 Å². The van der Waals surface area contributed by atoms with E-state index in [1.54, 1.807) is 6.07 Å². The van der Waals surface area contributed by atoms with E-state index in [4.69, 9.17) is 4.42 Å². The first-order valence-corrected chi connectivity index (χ1v) is 7.50. The second kappa shape index (κ2) is 5.68. The fourth-order valence-electron chi connectivity index (χ4n) is 2.78. The number of benzene rings is 1. The van der Waals surface area contributed by atoms with Gasteiger partial charge in [0.05, 0.1) is 0 Å². The summed E-state index contributed by atoms with van der Waals surface area (Å²) >= 11 is 3.39. The highest BCUT2D eigenvalue weighted by Gasteiger charge is 2.22. The molecule has 3 rings (SSSR count). The van der Waals surface area contributed by atoms with Crippen molar-refractivity contribution in [3.8, 4) is 0 Å². The normalized spacial score (nSPS) is 19.8. The van der Waals surface area contributed by atoms with E-state index in [2.05, 4.69) is 20.8 Å². The molecule has 2 aromatic rings. The zero-order chi connectivity index (χ0) is 14.1. The number of aliphatic hydroxyl groups is 1. The van der Waals surface area contributed by atoms with Crippen LogP contribution >= 0.6 is 15.9 Å². The second-order valence-corrected chi connectivity index (χ2v) is 6.22. The smallest absolute Gasteiger partial charge is 0.336 e. The summed E-state index contributed by atoms with van der Waals surface area (Å²) in [7, 11) is 0. The third-order valence-electron chi connectivity index (χ3n) is 3.81. The molecule has 0 bridgehead atoms. The fraction of sp³-hybridized carbons (Fsp3) is 0.400. The molecule has 0 radical (unpaired) electrons. The van der Waals surface area contributed by atoms with Gasteiger partial charge in [0.1, 0.15) is 5.58 Å². The van der Waals surface area contributed by atoms with Crippen LogP contribution in [0.2, 0.25) is 0 Å². The Hall–Kier alpha value is -1.17.